The maximum Gasteiger partial charge on any atom is 0.409 e. The van der Waals surface area contributed by atoms with Crippen molar-refractivity contribution in [3.8, 4) is 17.2 Å². The molecule has 0 bridgehead atoms. The van der Waals surface area contributed by atoms with E-state index in [0.717, 1.165) is 5.56 Å². The monoisotopic (exact) mass is 432 g/mol. The summed E-state index contributed by atoms with van der Waals surface area (Å²) < 4.78 is 30.4. The van der Waals surface area contributed by atoms with Crippen molar-refractivity contribution in [3.63, 3.8) is 0 Å². The van der Waals surface area contributed by atoms with Gasteiger partial charge in [0, 0.05) is 22.7 Å². The van der Waals surface area contributed by atoms with Gasteiger partial charge in [-0.1, -0.05) is 11.6 Å². The van der Waals surface area contributed by atoms with E-state index in [1.165, 1.54) is 24.1 Å². The number of hydrogen-bond donors (Lipinski definition) is 0. The third kappa shape index (κ3) is 5.10. The second-order valence-corrected chi connectivity index (χ2v) is 6.99. The average Bonchev–Trinajstić information content (AvgIpc) is 3.12. The van der Waals surface area contributed by atoms with Crippen LogP contribution in [-0.2, 0) is 17.9 Å². The molecule has 1 aromatic heterocycles. The smallest absolute Gasteiger partial charge is 0.409 e. The second kappa shape index (κ2) is 9.63. The molecule has 30 heavy (non-hydrogen) atoms. The normalized spacial score (nSPS) is 10.7. The molecule has 158 valence electrons. The lowest BCUT2D eigenvalue weighted by Gasteiger charge is -2.19. The summed E-state index contributed by atoms with van der Waals surface area (Å²) >= 11 is 5.92. The highest BCUT2D eigenvalue weighted by Crippen LogP contribution is 2.25. The molecule has 0 unspecified atom stereocenters. The highest BCUT2D eigenvalue weighted by atomic mass is 35.5. The zero-order valence-corrected chi connectivity index (χ0v) is 17.7. The molecule has 0 spiro atoms. The van der Waals surface area contributed by atoms with Crippen LogP contribution in [0.4, 0.5) is 9.18 Å². The van der Waals surface area contributed by atoms with Crippen LogP contribution >= 0.6 is 11.6 Å². The molecule has 1 amide bonds. The van der Waals surface area contributed by atoms with Gasteiger partial charge in [-0.3, -0.25) is 0 Å². The van der Waals surface area contributed by atoms with E-state index >= 15 is 0 Å². The van der Waals surface area contributed by atoms with E-state index in [9.17, 15) is 9.18 Å². The molecule has 0 aliphatic heterocycles. The Morgan fingerprint density at radius 2 is 1.97 bits per heavy atom. The number of aromatic nitrogens is 1. The number of halogens is 2. The molecule has 1 heterocycles. The van der Waals surface area contributed by atoms with Gasteiger partial charge in [0.1, 0.15) is 29.6 Å². The number of oxazole rings is 1. The molecule has 6 nitrogen and oxygen atoms in total. The van der Waals surface area contributed by atoms with Crippen molar-refractivity contribution < 1.29 is 23.1 Å². The quantitative estimate of drug-likeness (QED) is 0.485. The molecule has 0 N–H and O–H groups in total. The molecule has 0 saturated carbocycles. The number of ether oxygens (including phenoxy) is 2. The lowest BCUT2D eigenvalue weighted by Crippen LogP contribution is -2.30. The van der Waals surface area contributed by atoms with Crippen LogP contribution in [-0.4, -0.2) is 29.6 Å². The number of methoxy groups -OCH3 is 1. The van der Waals surface area contributed by atoms with Gasteiger partial charge in [0.25, 0.3) is 0 Å². The fourth-order valence-electron chi connectivity index (χ4n) is 2.83. The Morgan fingerprint density at radius 1 is 1.23 bits per heavy atom. The lowest BCUT2D eigenvalue weighted by atomic mass is 10.2. The van der Waals surface area contributed by atoms with Crippen molar-refractivity contribution in [3.05, 3.63) is 70.3 Å². The van der Waals surface area contributed by atoms with E-state index in [0.29, 0.717) is 40.2 Å². The molecule has 0 atom stereocenters. The SMILES string of the molecule is CCN(Cc1cc(OCc2nc(-c3ccc(Cl)cc3)oc2C)ccc1F)C(=O)OC. The van der Waals surface area contributed by atoms with Crippen molar-refractivity contribution in [1.29, 1.82) is 0 Å². The van der Waals surface area contributed by atoms with E-state index in [-0.39, 0.29) is 13.2 Å². The van der Waals surface area contributed by atoms with Crippen LogP contribution in [0.2, 0.25) is 5.02 Å². The molecule has 2 aromatic carbocycles. The van der Waals surface area contributed by atoms with E-state index < -0.39 is 11.9 Å². The third-order valence-corrected chi connectivity index (χ3v) is 4.80. The number of benzene rings is 2. The number of nitrogens with zero attached hydrogens (tertiary/aromatic N) is 2. The maximum atomic E-state index is 14.2. The van der Waals surface area contributed by atoms with Gasteiger partial charge in [0.15, 0.2) is 0 Å². The topological polar surface area (TPSA) is 64.8 Å². The van der Waals surface area contributed by atoms with Crippen LogP contribution in [0.15, 0.2) is 46.9 Å². The molecule has 3 aromatic rings. The van der Waals surface area contributed by atoms with Crippen LogP contribution < -0.4 is 4.74 Å². The first-order valence-corrected chi connectivity index (χ1v) is 9.75. The van der Waals surface area contributed by atoms with E-state index in [1.807, 2.05) is 12.1 Å². The molecular weight excluding hydrogens is 411 g/mol. The summed E-state index contributed by atoms with van der Waals surface area (Å²) in [6.07, 6.45) is -0.517. The first-order valence-electron chi connectivity index (χ1n) is 9.37. The molecule has 8 heteroatoms. The Bertz CT molecular complexity index is 1020. The highest BCUT2D eigenvalue weighted by molar-refractivity contribution is 6.30. The third-order valence-electron chi connectivity index (χ3n) is 4.55. The number of hydrogen-bond acceptors (Lipinski definition) is 5. The Labute approximate surface area is 179 Å². The number of carbonyl (C=O) groups is 1. The predicted octanol–water partition coefficient (Wildman–Crippen LogP) is 5.61. The second-order valence-electron chi connectivity index (χ2n) is 6.55. The summed E-state index contributed by atoms with van der Waals surface area (Å²) in [5, 5.41) is 0.631. The van der Waals surface area contributed by atoms with Gasteiger partial charge in [-0.05, 0) is 56.3 Å². The van der Waals surface area contributed by atoms with Gasteiger partial charge in [-0.2, -0.15) is 0 Å². The summed E-state index contributed by atoms with van der Waals surface area (Å²) in [4.78, 5) is 17.6. The molecular formula is C22H22ClFN2O4. The number of carbonyl (C=O) groups excluding carboxylic acids is 1. The van der Waals surface area contributed by atoms with Crippen molar-refractivity contribution in [2.24, 2.45) is 0 Å². The van der Waals surface area contributed by atoms with Crippen molar-refractivity contribution in [1.82, 2.24) is 9.88 Å². The number of amides is 1. The standard InChI is InChI=1S/C22H22ClFN2O4/c1-4-26(22(27)28-3)12-16-11-18(9-10-19(16)24)29-13-20-14(2)30-21(25-20)15-5-7-17(23)8-6-15/h5-11H,4,12-13H2,1-3H3. The summed E-state index contributed by atoms with van der Waals surface area (Å²) in [5.41, 5.74) is 1.77. The Morgan fingerprint density at radius 3 is 2.63 bits per heavy atom. The van der Waals surface area contributed by atoms with E-state index in [4.69, 9.17) is 25.5 Å². The van der Waals surface area contributed by atoms with Crippen LogP contribution in [0.1, 0.15) is 23.9 Å². The highest BCUT2D eigenvalue weighted by Gasteiger charge is 2.16. The Kier molecular flexibility index (Phi) is 6.95. The van der Waals surface area contributed by atoms with Gasteiger partial charge < -0.3 is 18.8 Å². The molecule has 0 aliphatic carbocycles. The fourth-order valence-corrected chi connectivity index (χ4v) is 2.96. The van der Waals surface area contributed by atoms with Crippen LogP contribution in [0, 0.1) is 12.7 Å². The van der Waals surface area contributed by atoms with Gasteiger partial charge in [0.05, 0.1) is 13.7 Å². The van der Waals surface area contributed by atoms with E-state index in [1.54, 1.807) is 32.0 Å². The average molecular weight is 433 g/mol. The van der Waals surface area contributed by atoms with Gasteiger partial charge in [0.2, 0.25) is 5.89 Å². The summed E-state index contributed by atoms with van der Waals surface area (Å²) in [6.45, 7) is 4.22. The summed E-state index contributed by atoms with van der Waals surface area (Å²) in [5.74, 6) is 1.14. The molecule has 0 saturated heterocycles. The van der Waals surface area contributed by atoms with Gasteiger partial charge in [-0.25, -0.2) is 14.2 Å². The van der Waals surface area contributed by atoms with Crippen molar-refractivity contribution in [2.75, 3.05) is 13.7 Å². The van der Waals surface area contributed by atoms with Crippen molar-refractivity contribution in [2.45, 2.75) is 27.0 Å². The maximum absolute atomic E-state index is 14.2. The largest absolute Gasteiger partial charge is 0.487 e. The van der Waals surface area contributed by atoms with Gasteiger partial charge in [-0.15, -0.1) is 0 Å². The van der Waals surface area contributed by atoms with E-state index in [2.05, 4.69) is 4.98 Å². The summed E-state index contributed by atoms with van der Waals surface area (Å²) in [6, 6.07) is 11.6. The van der Waals surface area contributed by atoms with Gasteiger partial charge >= 0.3 is 6.09 Å². The van der Waals surface area contributed by atoms with Crippen LogP contribution in [0.5, 0.6) is 5.75 Å². The first kappa shape index (κ1) is 21.6. The molecule has 0 aliphatic rings. The van der Waals surface area contributed by atoms with Crippen LogP contribution in [0.3, 0.4) is 0 Å². The predicted molar refractivity (Wildman–Crippen MR) is 111 cm³/mol. The lowest BCUT2D eigenvalue weighted by molar-refractivity contribution is 0.122. The van der Waals surface area contributed by atoms with Crippen molar-refractivity contribution >= 4 is 17.7 Å². The zero-order chi connectivity index (χ0) is 21.7. The fraction of sp³-hybridized carbons (Fsp3) is 0.273. The first-order chi connectivity index (χ1) is 14.4. The minimum absolute atomic E-state index is 0.0793. The summed E-state index contributed by atoms with van der Waals surface area (Å²) in [7, 11) is 1.29. The Hall–Kier alpha value is -3.06. The molecule has 0 radical (unpaired) electrons. The minimum atomic E-state index is -0.517. The number of aryl methyl sites for hydroxylation is 1. The molecule has 3 rings (SSSR count). The van der Waals surface area contributed by atoms with Crippen LogP contribution in [0.25, 0.3) is 11.5 Å². The zero-order valence-electron chi connectivity index (χ0n) is 16.9. The number of rotatable bonds is 7. The Balaban J connectivity index is 1.72. The minimum Gasteiger partial charge on any atom is -0.487 e. The molecule has 0 fully saturated rings.